The summed E-state index contributed by atoms with van der Waals surface area (Å²) in [6.45, 7) is 0. The van der Waals surface area contributed by atoms with Crippen LogP contribution >= 0.6 is 8.53 Å². The molecule has 1 fully saturated rings. The van der Waals surface area contributed by atoms with Crippen LogP contribution in [0.2, 0.25) is 0 Å². The van der Waals surface area contributed by atoms with Crippen molar-refractivity contribution in [1.29, 1.82) is 0 Å². The van der Waals surface area contributed by atoms with Crippen LogP contribution in [0.4, 0.5) is 0 Å². The van der Waals surface area contributed by atoms with E-state index in [1.54, 1.807) is 0 Å². The lowest BCUT2D eigenvalue weighted by atomic mass is 9.59. The fourth-order valence-electron chi connectivity index (χ4n) is 6.33. The Labute approximate surface area is 156 Å². The predicted octanol–water partition coefficient (Wildman–Crippen LogP) is 5.06. The molecule has 0 unspecified atom stereocenters. The van der Waals surface area contributed by atoms with Crippen molar-refractivity contribution in [2.75, 3.05) is 14.1 Å². The van der Waals surface area contributed by atoms with Crippen LogP contribution in [0.25, 0.3) is 0 Å². The lowest BCUT2D eigenvalue weighted by Crippen LogP contribution is -2.42. The van der Waals surface area contributed by atoms with Gasteiger partial charge in [-0.2, -0.15) is 0 Å². The number of hydrogen-bond acceptors (Lipinski definition) is 3. The van der Waals surface area contributed by atoms with Crippen molar-refractivity contribution in [3.05, 3.63) is 58.7 Å². The second-order valence-corrected chi connectivity index (χ2v) is 10.1. The maximum Gasteiger partial charge on any atom is 0.384 e. The minimum atomic E-state index is -1.14. The molecule has 0 bridgehead atoms. The lowest BCUT2D eigenvalue weighted by Gasteiger charge is -2.45. The minimum absolute atomic E-state index is 0.115. The molecule has 26 heavy (non-hydrogen) atoms. The zero-order chi connectivity index (χ0) is 17.5. The van der Waals surface area contributed by atoms with Gasteiger partial charge in [-0.05, 0) is 74.9 Å². The van der Waals surface area contributed by atoms with E-state index < -0.39 is 8.53 Å². The largest absolute Gasteiger partial charge is 0.427 e. The third kappa shape index (κ3) is 1.76. The third-order valence-corrected chi connectivity index (χ3v) is 8.42. The minimum Gasteiger partial charge on any atom is -0.427 e. The molecule has 3 nitrogen and oxygen atoms in total. The summed E-state index contributed by atoms with van der Waals surface area (Å²) in [6, 6.07) is 13.4. The predicted molar refractivity (Wildman–Crippen MR) is 104 cm³/mol. The van der Waals surface area contributed by atoms with E-state index in [2.05, 4.69) is 41.1 Å². The van der Waals surface area contributed by atoms with Gasteiger partial charge in [-0.3, -0.25) is 0 Å². The molecule has 134 valence electrons. The molecule has 0 saturated heterocycles. The topological polar surface area (TPSA) is 21.7 Å². The summed E-state index contributed by atoms with van der Waals surface area (Å²) < 4.78 is 15.1. The smallest absolute Gasteiger partial charge is 0.384 e. The van der Waals surface area contributed by atoms with E-state index in [4.69, 9.17) is 9.05 Å². The summed E-state index contributed by atoms with van der Waals surface area (Å²) in [5.41, 5.74) is 6.14. The first-order valence-corrected chi connectivity index (χ1v) is 10.9. The molecule has 0 amide bonds. The van der Waals surface area contributed by atoms with Crippen LogP contribution in [0, 0.1) is 11.8 Å². The quantitative estimate of drug-likeness (QED) is 0.659. The highest BCUT2D eigenvalue weighted by molar-refractivity contribution is 7.45. The van der Waals surface area contributed by atoms with Gasteiger partial charge < -0.3 is 9.05 Å². The van der Waals surface area contributed by atoms with Gasteiger partial charge in [-0.1, -0.05) is 30.7 Å². The fourth-order valence-corrected chi connectivity index (χ4v) is 7.34. The first-order valence-electron chi connectivity index (χ1n) is 9.77. The van der Waals surface area contributed by atoms with Gasteiger partial charge in [0, 0.05) is 16.5 Å². The number of benzene rings is 2. The highest BCUT2D eigenvalue weighted by atomic mass is 31.2. The molecule has 0 radical (unpaired) electrons. The molecular weight excluding hydrogens is 341 g/mol. The summed E-state index contributed by atoms with van der Waals surface area (Å²) in [6.07, 6.45) is 6.38. The van der Waals surface area contributed by atoms with Crippen molar-refractivity contribution in [2.24, 2.45) is 11.8 Å². The molecule has 1 aliphatic heterocycles. The zero-order valence-electron chi connectivity index (χ0n) is 15.4. The summed E-state index contributed by atoms with van der Waals surface area (Å²) in [7, 11) is 2.95. The average molecular weight is 365 g/mol. The Kier molecular flexibility index (Phi) is 3.12. The maximum absolute atomic E-state index is 6.53. The second kappa shape index (κ2) is 5.24. The highest BCUT2D eigenvalue weighted by Crippen LogP contribution is 2.68. The molecular formula is C22H24NO2P. The summed E-state index contributed by atoms with van der Waals surface area (Å²) in [4.78, 5) is 0. The maximum atomic E-state index is 6.53. The molecule has 2 aromatic rings. The third-order valence-electron chi connectivity index (χ3n) is 7.06. The molecule has 2 aromatic carbocycles. The molecule has 1 spiro atoms. The SMILES string of the molecule is CN(C)P1Oc2cccc3c2C24c5c(cccc5O1)C[C@@H]2CCC[C@H]4C3. The number of hydrogen-bond donors (Lipinski definition) is 0. The molecule has 0 aromatic heterocycles. The molecule has 1 saturated carbocycles. The van der Waals surface area contributed by atoms with Gasteiger partial charge in [0.25, 0.3) is 0 Å². The van der Waals surface area contributed by atoms with Crippen LogP contribution in [0.1, 0.15) is 41.5 Å². The second-order valence-electron chi connectivity index (χ2n) is 8.45. The number of rotatable bonds is 1. The van der Waals surface area contributed by atoms with E-state index in [1.165, 1.54) is 54.4 Å². The molecule has 0 N–H and O–H groups in total. The first kappa shape index (κ1) is 15.5. The fraction of sp³-hybridized carbons (Fsp3) is 0.455. The van der Waals surface area contributed by atoms with Crippen LogP contribution < -0.4 is 9.05 Å². The first-order chi connectivity index (χ1) is 12.7. The Bertz CT molecular complexity index is 840. The van der Waals surface area contributed by atoms with Crippen molar-refractivity contribution in [1.82, 2.24) is 4.67 Å². The van der Waals surface area contributed by atoms with Crippen molar-refractivity contribution in [2.45, 2.75) is 37.5 Å². The van der Waals surface area contributed by atoms with Crippen LogP contribution in [0.15, 0.2) is 36.4 Å². The van der Waals surface area contributed by atoms with Gasteiger partial charge in [0.1, 0.15) is 11.5 Å². The molecule has 4 heteroatoms. The van der Waals surface area contributed by atoms with Crippen molar-refractivity contribution < 1.29 is 9.05 Å². The van der Waals surface area contributed by atoms with Crippen LogP contribution in [0.3, 0.4) is 0 Å². The lowest BCUT2D eigenvalue weighted by molar-refractivity contribution is 0.171. The van der Waals surface area contributed by atoms with E-state index in [0.29, 0.717) is 11.8 Å². The average Bonchev–Trinajstić information content (AvgIpc) is 3.13. The molecule has 4 aliphatic rings. The van der Waals surface area contributed by atoms with Crippen LogP contribution in [0.5, 0.6) is 11.5 Å². The summed E-state index contributed by atoms with van der Waals surface area (Å²) in [5.74, 6) is 3.52. The normalized spacial score (nSPS) is 33.0. The van der Waals surface area contributed by atoms with E-state index in [1.807, 2.05) is 14.1 Å². The van der Waals surface area contributed by atoms with Crippen LogP contribution in [-0.4, -0.2) is 18.8 Å². The molecule has 3 aliphatic carbocycles. The van der Waals surface area contributed by atoms with Gasteiger partial charge in [-0.15, -0.1) is 0 Å². The highest BCUT2D eigenvalue weighted by Gasteiger charge is 2.61. The Morgan fingerprint density at radius 1 is 0.885 bits per heavy atom. The molecule has 2 atom stereocenters. The standard InChI is InChI=1S/C22H24NO2P/c1-23(2)26-24-18-10-3-6-14-12-16-8-5-9-17-13-15-7-4-11-19(25-26)21(15)22(16,17)20(14)18/h3-4,6-7,10-11,16-17H,5,8-9,12-13H2,1-2H3/t16-,17-,22?/m0/s1. The number of nitrogens with zero attached hydrogens (tertiary/aromatic N) is 1. The Morgan fingerprint density at radius 2 is 1.42 bits per heavy atom. The van der Waals surface area contributed by atoms with Crippen LogP contribution in [-0.2, 0) is 18.3 Å². The van der Waals surface area contributed by atoms with Gasteiger partial charge in [0.2, 0.25) is 0 Å². The van der Waals surface area contributed by atoms with Gasteiger partial charge in [-0.25, -0.2) is 4.67 Å². The van der Waals surface area contributed by atoms with E-state index >= 15 is 0 Å². The van der Waals surface area contributed by atoms with E-state index in [-0.39, 0.29) is 5.41 Å². The monoisotopic (exact) mass is 365 g/mol. The van der Waals surface area contributed by atoms with Crippen molar-refractivity contribution >= 4 is 8.53 Å². The van der Waals surface area contributed by atoms with Gasteiger partial charge in [0.05, 0.1) is 0 Å². The zero-order valence-corrected chi connectivity index (χ0v) is 16.3. The molecule has 1 heterocycles. The van der Waals surface area contributed by atoms with Crippen molar-refractivity contribution in [3.63, 3.8) is 0 Å². The Morgan fingerprint density at radius 3 is 1.92 bits per heavy atom. The Hall–Kier alpha value is -1.57. The Balaban J connectivity index is 1.71. The summed E-state index contributed by atoms with van der Waals surface area (Å²) in [5, 5.41) is 0. The van der Waals surface area contributed by atoms with Gasteiger partial charge in [0.15, 0.2) is 0 Å². The van der Waals surface area contributed by atoms with Crippen molar-refractivity contribution in [3.8, 4) is 11.5 Å². The summed E-state index contributed by atoms with van der Waals surface area (Å²) >= 11 is 0. The molecule has 6 rings (SSSR count). The van der Waals surface area contributed by atoms with Gasteiger partial charge >= 0.3 is 8.53 Å². The van der Waals surface area contributed by atoms with E-state index in [0.717, 1.165) is 11.5 Å². The van der Waals surface area contributed by atoms with E-state index in [9.17, 15) is 0 Å².